The molecular weight excluding hydrogens is 198 g/mol. The third-order valence-corrected chi connectivity index (χ3v) is 3.38. The van der Waals surface area contributed by atoms with Gasteiger partial charge in [-0.05, 0) is 32.1 Å². The van der Waals surface area contributed by atoms with Crippen LogP contribution in [0.3, 0.4) is 0 Å². The lowest BCUT2D eigenvalue weighted by molar-refractivity contribution is 0.290. The molecule has 3 nitrogen and oxygen atoms in total. The number of rotatable bonds is 3. The largest absolute Gasteiger partial charge is 0.370 e. The van der Waals surface area contributed by atoms with Crippen LogP contribution in [0.1, 0.15) is 59.3 Å². The minimum atomic E-state index is 0.366. The number of guanidine groups is 1. The molecule has 94 valence electrons. The van der Waals surface area contributed by atoms with Crippen LogP contribution < -0.4 is 11.1 Å². The first-order valence-corrected chi connectivity index (χ1v) is 6.58. The molecule has 0 bridgehead atoms. The number of hydrogen-bond acceptors (Lipinski definition) is 1. The summed E-state index contributed by atoms with van der Waals surface area (Å²) >= 11 is 0. The van der Waals surface area contributed by atoms with Gasteiger partial charge in [0.15, 0.2) is 5.96 Å². The summed E-state index contributed by atoms with van der Waals surface area (Å²) in [4.78, 5) is 4.48. The molecule has 3 N–H and O–H groups in total. The Bertz CT molecular complexity index is 225. The van der Waals surface area contributed by atoms with Crippen LogP contribution >= 0.6 is 0 Å². The lowest BCUT2D eigenvalue weighted by atomic mass is 9.83. The molecule has 1 aliphatic carbocycles. The molecule has 0 amide bonds. The fraction of sp³-hybridized carbons (Fsp3) is 0.923. The maximum absolute atomic E-state index is 5.83. The Balaban J connectivity index is 2.44. The highest BCUT2D eigenvalue weighted by Crippen LogP contribution is 2.34. The average Bonchev–Trinajstić information content (AvgIpc) is 2.40. The first-order chi connectivity index (χ1) is 7.52. The van der Waals surface area contributed by atoms with Gasteiger partial charge < -0.3 is 11.1 Å². The summed E-state index contributed by atoms with van der Waals surface area (Å²) in [5.41, 5.74) is 6.20. The summed E-state index contributed by atoms with van der Waals surface area (Å²) in [5, 5.41) is 3.14. The standard InChI is InChI=1S/C13H27N3/c1-11(2)16-12(14)15-10-13(3)8-6-4-5-7-9-13/h11H,4-10H2,1-3H3,(H3,14,15,16). The minimum absolute atomic E-state index is 0.366. The zero-order valence-corrected chi connectivity index (χ0v) is 11.1. The van der Waals surface area contributed by atoms with Gasteiger partial charge in [-0.3, -0.25) is 4.99 Å². The van der Waals surface area contributed by atoms with Gasteiger partial charge in [0, 0.05) is 12.6 Å². The molecule has 0 aromatic heterocycles. The van der Waals surface area contributed by atoms with E-state index < -0.39 is 0 Å². The molecular formula is C13H27N3. The van der Waals surface area contributed by atoms with Crippen molar-refractivity contribution in [3.8, 4) is 0 Å². The monoisotopic (exact) mass is 225 g/mol. The van der Waals surface area contributed by atoms with E-state index in [0.29, 0.717) is 17.4 Å². The summed E-state index contributed by atoms with van der Waals surface area (Å²) in [6, 6.07) is 0.366. The normalized spacial score (nSPS) is 21.9. The van der Waals surface area contributed by atoms with Gasteiger partial charge in [-0.15, -0.1) is 0 Å². The van der Waals surface area contributed by atoms with E-state index in [1.165, 1.54) is 38.5 Å². The summed E-state index contributed by atoms with van der Waals surface area (Å²) in [6.45, 7) is 7.38. The van der Waals surface area contributed by atoms with Crippen LogP contribution in [-0.4, -0.2) is 18.5 Å². The summed E-state index contributed by atoms with van der Waals surface area (Å²) < 4.78 is 0. The van der Waals surface area contributed by atoms with E-state index >= 15 is 0 Å². The Hall–Kier alpha value is -0.730. The highest BCUT2D eigenvalue weighted by Gasteiger charge is 2.25. The Morgan fingerprint density at radius 3 is 2.31 bits per heavy atom. The molecule has 0 aromatic rings. The molecule has 0 heterocycles. The van der Waals surface area contributed by atoms with Crippen LogP contribution in [-0.2, 0) is 0 Å². The van der Waals surface area contributed by atoms with E-state index in [0.717, 1.165) is 6.54 Å². The van der Waals surface area contributed by atoms with Crippen LogP contribution in [0.15, 0.2) is 4.99 Å². The van der Waals surface area contributed by atoms with Gasteiger partial charge in [0.05, 0.1) is 0 Å². The second kappa shape index (κ2) is 6.12. The van der Waals surface area contributed by atoms with Crippen LogP contribution in [0.4, 0.5) is 0 Å². The van der Waals surface area contributed by atoms with Gasteiger partial charge in [0.25, 0.3) is 0 Å². The van der Waals surface area contributed by atoms with E-state index in [4.69, 9.17) is 5.73 Å². The highest BCUT2D eigenvalue weighted by molar-refractivity contribution is 5.78. The summed E-state index contributed by atoms with van der Waals surface area (Å²) in [6.07, 6.45) is 8.07. The predicted octanol–water partition coefficient (Wildman–Crippen LogP) is 2.66. The van der Waals surface area contributed by atoms with Gasteiger partial charge in [0.2, 0.25) is 0 Å². The number of nitrogens with zero attached hydrogens (tertiary/aromatic N) is 1. The minimum Gasteiger partial charge on any atom is -0.370 e. The van der Waals surface area contributed by atoms with Crippen LogP contribution in [0.2, 0.25) is 0 Å². The van der Waals surface area contributed by atoms with E-state index in [9.17, 15) is 0 Å². The Kier molecular flexibility index (Phi) is 5.10. The Labute approximate surface area is 99.9 Å². The van der Waals surface area contributed by atoms with Crippen LogP contribution in [0.5, 0.6) is 0 Å². The van der Waals surface area contributed by atoms with Crippen molar-refractivity contribution in [3.63, 3.8) is 0 Å². The molecule has 0 unspecified atom stereocenters. The zero-order chi connectivity index (χ0) is 12.0. The molecule has 1 saturated carbocycles. The first kappa shape index (κ1) is 13.3. The molecule has 0 aromatic carbocycles. The van der Waals surface area contributed by atoms with Crippen LogP contribution in [0, 0.1) is 5.41 Å². The number of nitrogens with one attached hydrogen (secondary N) is 1. The molecule has 0 spiro atoms. The van der Waals surface area contributed by atoms with E-state index in [-0.39, 0.29) is 0 Å². The van der Waals surface area contributed by atoms with Crippen molar-refractivity contribution >= 4 is 5.96 Å². The Morgan fingerprint density at radius 2 is 1.81 bits per heavy atom. The third-order valence-electron chi connectivity index (χ3n) is 3.38. The van der Waals surface area contributed by atoms with Crippen molar-refractivity contribution in [1.29, 1.82) is 0 Å². The topological polar surface area (TPSA) is 50.4 Å². The fourth-order valence-electron chi connectivity index (χ4n) is 2.36. The van der Waals surface area contributed by atoms with Gasteiger partial charge >= 0.3 is 0 Å². The first-order valence-electron chi connectivity index (χ1n) is 6.58. The van der Waals surface area contributed by atoms with Crippen LogP contribution in [0.25, 0.3) is 0 Å². The molecule has 1 fully saturated rings. The lowest BCUT2D eigenvalue weighted by Crippen LogP contribution is -2.37. The van der Waals surface area contributed by atoms with Crippen molar-refractivity contribution in [1.82, 2.24) is 5.32 Å². The molecule has 16 heavy (non-hydrogen) atoms. The van der Waals surface area contributed by atoms with Gasteiger partial charge in [-0.2, -0.15) is 0 Å². The second-order valence-electron chi connectivity index (χ2n) is 5.73. The third kappa shape index (κ3) is 4.86. The molecule has 0 saturated heterocycles. The van der Waals surface area contributed by atoms with Crippen molar-refractivity contribution in [2.75, 3.05) is 6.54 Å². The summed E-state index contributed by atoms with van der Waals surface area (Å²) in [7, 11) is 0. The van der Waals surface area contributed by atoms with Gasteiger partial charge in [0.1, 0.15) is 0 Å². The molecule has 1 rings (SSSR count). The van der Waals surface area contributed by atoms with E-state index in [1.54, 1.807) is 0 Å². The maximum atomic E-state index is 5.83. The zero-order valence-electron chi connectivity index (χ0n) is 11.1. The number of nitrogens with two attached hydrogens (primary N) is 1. The van der Waals surface area contributed by atoms with Crippen molar-refractivity contribution < 1.29 is 0 Å². The molecule has 0 atom stereocenters. The highest BCUT2D eigenvalue weighted by atomic mass is 15.1. The molecule has 3 heteroatoms. The van der Waals surface area contributed by atoms with Crippen molar-refractivity contribution in [3.05, 3.63) is 0 Å². The quantitative estimate of drug-likeness (QED) is 0.441. The summed E-state index contributed by atoms with van der Waals surface area (Å²) in [5.74, 6) is 0.598. The van der Waals surface area contributed by atoms with E-state index in [1.807, 2.05) is 0 Å². The second-order valence-corrected chi connectivity index (χ2v) is 5.73. The lowest BCUT2D eigenvalue weighted by Gasteiger charge is -2.26. The fourth-order valence-corrected chi connectivity index (χ4v) is 2.36. The SMILES string of the molecule is CC(C)NC(N)=NCC1(C)CCCCCC1. The van der Waals surface area contributed by atoms with Gasteiger partial charge in [-0.1, -0.05) is 32.6 Å². The van der Waals surface area contributed by atoms with Crippen molar-refractivity contribution in [2.24, 2.45) is 16.1 Å². The predicted molar refractivity (Wildman–Crippen MR) is 70.6 cm³/mol. The van der Waals surface area contributed by atoms with E-state index in [2.05, 4.69) is 31.1 Å². The van der Waals surface area contributed by atoms with Crippen molar-refractivity contribution in [2.45, 2.75) is 65.3 Å². The molecule has 0 aliphatic heterocycles. The number of aliphatic imine (C=N–C) groups is 1. The smallest absolute Gasteiger partial charge is 0.188 e. The molecule has 0 radical (unpaired) electrons. The average molecular weight is 225 g/mol. The Morgan fingerprint density at radius 1 is 1.25 bits per heavy atom. The molecule has 1 aliphatic rings. The maximum Gasteiger partial charge on any atom is 0.188 e. The van der Waals surface area contributed by atoms with Gasteiger partial charge in [-0.25, -0.2) is 0 Å². The number of hydrogen-bond donors (Lipinski definition) is 2.